The molecule has 108 valence electrons. The molecule has 0 spiro atoms. The van der Waals surface area contributed by atoms with Crippen LogP contribution in [-0.4, -0.2) is 30.6 Å². The van der Waals surface area contributed by atoms with Crippen molar-refractivity contribution >= 4 is 0 Å². The second-order valence-electron chi connectivity index (χ2n) is 5.70. The first-order chi connectivity index (χ1) is 8.96. The number of benzene rings is 1. The molecule has 2 atom stereocenters. The summed E-state index contributed by atoms with van der Waals surface area (Å²) in [7, 11) is 0. The average Bonchev–Trinajstić information content (AvgIpc) is 2.34. The van der Waals surface area contributed by atoms with Crippen molar-refractivity contribution in [3.8, 4) is 0 Å². The molecule has 0 aliphatic rings. The molecule has 0 fully saturated rings. The predicted molar refractivity (Wildman–Crippen MR) is 84.7 cm³/mol. The molecule has 0 saturated carbocycles. The first-order valence-corrected chi connectivity index (χ1v) is 7.52. The van der Waals surface area contributed by atoms with Crippen LogP contribution in [0.1, 0.15) is 50.4 Å². The summed E-state index contributed by atoms with van der Waals surface area (Å²) in [5, 5.41) is 3.71. The summed E-state index contributed by atoms with van der Waals surface area (Å²) in [4.78, 5) is 2.46. The van der Waals surface area contributed by atoms with E-state index in [4.69, 9.17) is 0 Å². The van der Waals surface area contributed by atoms with E-state index < -0.39 is 0 Å². The molecule has 0 radical (unpaired) electrons. The highest BCUT2D eigenvalue weighted by molar-refractivity contribution is 5.30. The normalized spacial score (nSPS) is 14.7. The van der Waals surface area contributed by atoms with Crippen LogP contribution in [0.5, 0.6) is 0 Å². The number of rotatable bonds is 7. The van der Waals surface area contributed by atoms with Crippen molar-refractivity contribution in [2.24, 2.45) is 0 Å². The zero-order chi connectivity index (χ0) is 14.4. The van der Waals surface area contributed by atoms with E-state index in [0.717, 1.165) is 19.6 Å². The quantitative estimate of drug-likeness (QED) is 0.806. The fraction of sp³-hybridized carbons (Fsp3) is 0.647. The molecule has 1 rings (SSSR count). The van der Waals surface area contributed by atoms with E-state index >= 15 is 0 Å². The molecule has 2 nitrogen and oxygen atoms in total. The molecule has 0 aromatic heterocycles. The summed E-state index contributed by atoms with van der Waals surface area (Å²) < 4.78 is 0. The highest BCUT2D eigenvalue weighted by atomic mass is 15.1. The van der Waals surface area contributed by atoms with Gasteiger partial charge in [0.2, 0.25) is 0 Å². The molecule has 2 heteroatoms. The first-order valence-electron chi connectivity index (χ1n) is 7.52. The zero-order valence-corrected chi connectivity index (χ0v) is 13.5. The Morgan fingerprint density at radius 2 is 1.53 bits per heavy atom. The molecule has 19 heavy (non-hydrogen) atoms. The second-order valence-corrected chi connectivity index (χ2v) is 5.70. The lowest BCUT2D eigenvalue weighted by Gasteiger charge is -2.26. The molecular weight excluding hydrogens is 232 g/mol. The van der Waals surface area contributed by atoms with Gasteiger partial charge in [0.05, 0.1) is 0 Å². The number of aryl methyl sites for hydroxylation is 2. The topological polar surface area (TPSA) is 15.3 Å². The van der Waals surface area contributed by atoms with E-state index in [0.29, 0.717) is 12.1 Å². The van der Waals surface area contributed by atoms with Crippen molar-refractivity contribution < 1.29 is 0 Å². The van der Waals surface area contributed by atoms with Crippen LogP contribution in [0, 0.1) is 13.8 Å². The maximum atomic E-state index is 3.71. The Balaban J connectivity index is 2.60. The number of nitrogens with zero attached hydrogens (tertiary/aromatic N) is 1. The van der Waals surface area contributed by atoms with Gasteiger partial charge in [0.1, 0.15) is 0 Å². The van der Waals surface area contributed by atoms with Gasteiger partial charge in [-0.05, 0) is 46.3 Å². The molecule has 0 amide bonds. The number of hydrogen-bond donors (Lipinski definition) is 1. The summed E-state index contributed by atoms with van der Waals surface area (Å²) in [6.07, 6.45) is 0. The van der Waals surface area contributed by atoms with E-state index in [1.165, 1.54) is 16.7 Å². The first kappa shape index (κ1) is 16.2. The summed E-state index contributed by atoms with van der Waals surface area (Å²) in [5.74, 6) is 0. The van der Waals surface area contributed by atoms with Crippen molar-refractivity contribution in [2.75, 3.05) is 19.6 Å². The largest absolute Gasteiger partial charge is 0.306 e. The van der Waals surface area contributed by atoms with Gasteiger partial charge < -0.3 is 10.2 Å². The Labute approximate surface area is 119 Å². The monoisotopic (exact) mass is 262 g/mol. The van der Waals surface area contributed by atoms with Crippen LogP contribution >= 0.6 is 0 Å². The van der Waals surface area contributed by atoms with E-state index in [-0.39, 0.29) is 0 Å². The molecule has 1 N–H and O–H groups in total. The maximum absolute atomic E-state index is 3.71. The lowest BCUT2D eigenvalue weighted by molar-refractivity contribution is 0.264. The maximum Gasteiger partial charge on any atom is 0.0294 e. The smallest absolute Gasteiger partial charge is 0.0294 e. The lowest BCUT2D eigenvalue weighted by atomic mass is 10.0. The van der Waals surface area contributed by atoms with E-state index in [1.54, 1.807) is 0 Å². The van der Waals surface area contributed by atoms with E-state index in [1.807, 2.05) is 0 Å². The Kier molecular flexibility index (Phi) is 6.53. The predicted octanol–water partition coefficient (Wildman–Crippen LogP) is 3.68. The van der Waals surface area contributed by atoms with Gasteiger partial charge in [-0.15, -0.1) is 0 Å². The fourth-order valence-corrected chi connectivity index (χ4v) is 2.70. The number of likely N-dealkylation sites (N-methyl/N-ethyl adjacent to an activating group) is 1. The molecule has 0 heterocycles. The molecule has 0 bridgehead atoms. The molecule has 0 aliphatic heterocycles. The summed E-state index contributed by atoms with van der Waals surface area (Å²) in [6.45, 7) is 16.7. The number of hydrogen-bond acceptors (Lipinski definition) is 2. The Morgan fingerprint density at radius 1 is 1.00 bits per heavy atom. The van der Waals surface area contributed by atoms with Crippen LogP contribution in [0.3, 0.4) is 0 Å². The second kappa shape index (κ2) is 7.66. The molecule has 2 unspecified atom stereocenters. The SMILES string of the molecule is CCN(CC)CC(C)NC(C)c1cc(C)cc(C)c1. The van der Waals surface area contributed by atoms with Crippen LogP contribution in [0.25, 0.3) is 0 Å². The average molecular weight is 262 g/mol. The molecular formula is C17H30N2. The van der Waals surface area contributed by atoms with Crippen molar-refractivity contribution in [3.63, 3.8) is 0 Å². The molecule has 0 aliphatic carbocycles. The molecule has 1 aromatic carbocycles. The van der Waals surface area contributed by atoms with E-state index in [9.17, 15) is 0 Å². The van der Waals surface area contributed by atoms with Gasteiger partial charge in [-0.3, -0.25) is 0 Å². The van der Waals surface area contributed by atoms with E-state index in [2.05, 4.69) is 70.0 Å². The van der Waals surface area contributed by atoms with Gasteiger partial charge in [-0.1, -0.05) is 43.2 Å². The van der Waals surface area contributed by atoms with Gasteiger partial charge >= 0.3 is 0 Å². The minimum absolute atomic E-state index is 0.407. The van der Waals surface area contributed by atoms with Crippen molar-refractivity contribution in [1.82, 2.24) is 10.2 Å². The van der Waals surface area contributed by atoms with Crippen molar-refractivity contribution in [3.05, 3.63) is 34.9 Å². The van der Waals surface area contributed by atoms with Crippen molar-refractivity contribution in [2.45, 2.75) is 53.6 Å². The Hall–Kier alpha value is -0.860. The third-order valence-corrected chi connectivity index (χ3v) is 3.71. The van der Waals surface area contributed by atoms with Gasteiger partial charge in [0.15, 0.2) is 0 Å². The van der Waals surface area contributed by atoms with Crippen molar-refractivity contribution in [1.29, 1.82) is 0 Å². The van der Waals surface area contributed by atoms with Gasteiger partial charge in [0, 0.05) is 18.6 Å². The summed E-state index contributed by atoms with van der Waals surface area (Å²) in [5.41, 5.74) is 4.09. The van der Waals surface area contributed by atoms with Crippen LogP contribution in [-0.2, 0) is 0 Å². The zero-order valence-electron chi connectivity index (χ0n) is 13.5. The van der Waals surface area contributed by atoms with Crippen LogP contribution in [0.4, 0.5) is 0 Å². The number of nitrogens with one attached hydrogen (secondary N) is 1. The third-order valence-electron chi connectivity index (χ3n) is 3.71. The van der Waals surface area contributed by atoms with Gasteiger partial charge in [-0.2, -0.15) is 0 Å². The highest BCUT2D eigenvalue weighted by Crippen LogP contribution is 2.17. The van der Waals surface area contributed by atoms with Gasteiger partial charge in [0.25, 0.3) is 0 Å². The summed E-state index contributed by atoms with van der Waals surface area (Å²) in [6, 6.07) is 7.72. The Bertz CT molecular complexity index is 363. The third kappa shape index (κ3) is 5.33. The van der Waals surface area contributed by atoms with Gasteiger partial charge in [-0.25, -0.2) is 0 Å². The minimum atomic E-state index is 0.407. The van der Waals surface area contributed by atoms with Crippen LogP contribution in [0.2, 0.25) is 0 Å². The Morgan fingerprint density at radius 3 is 2.00 bits per heavy atom. The minimum Gasteiger partial charge on any atom is -0.306 e. The molecule has 1 aromatic rings. The standard InChI is InChI=1S/C17H30N2/c1-7-19(8-2)12-15(5)18-16(6)17-10-13(3)9-14(4)11-17/h9-11,15-16,18H,7-8,12H2,1-6H3. The van der Waals surface area contributed by atoms with Crippen LogP contribution in [0.15, 0.2) is 18.2 Å². The summed E-state index contributed by atoms with van der Waals surface area (Å²) >= 11 is 0. The molecule has 0 saturated heterocycles. The fourth-order valence-electron chi connectivity index (χ4n) is 2.70. The van der Waals surface area contributed by atoms with Crippen LogP contribution < -0.4 is 5.32 Å². The lowest BCUT2D eigenvalue weighted by Crippen LogP contribution is -2.40. The highest BCUT2D eigenvalue weighted by Gasteiger charge is 2.12.